The van der Waals surface area contributed by atoms with E-state index in [9.17, 15) is 14.5 Å². The van der Waals surface area contributed by atoms with Crippen LogP contribution in [-0.2, 0) is 0 Å². The lowest BCUT2D eigenvalue weighted by atomic mass is 10.1. The molecule has 0 N–H and O–H groups in total. The van der Waals surface area contributed by atoms with Gasteiger partial charge in [0.05, 0.1) is 4.92 Å². The van der Waals surface area contributed by atoms with Gasteiger partial charge in [0.2, 0.25) is 0 Å². The van der Waals surface area contributed by atoms with Crippen molar-refractivity contribution in [3.63, 3.8) is 0 Å². The largest absolute Gasteiger partial charge is 0.454 e. The topological polar surface area (TPSA) is 55.6 Å². The van der Waals surface area contributed by atoms with Crippen LogP contribution < -0.4 is 9.64 Å². The summed E-state index contributed by atoms with van der Waals surface area (Å²) in [5.74, 6) is 0.0840. The highest BCUT2D eigenvalue weighted by Crippen LogP contribution is 2.42. The predicted octanol–water partition coefficient (Wildman–Crippen LogP) is 5.21. The van der Waals surface area contributed by atoms with Crippen molar-refractivity contribution >= 4 is 11.4 Å². The molecular weight excluding hydrogens is 323 g/mol. The molecule has 0 radical (unpaired) electrons. The van der Waals surface area contributed by atoms with E-state index in [0.717, 1.165) is 25.8 Å². The number of nitro benzene ring substituents is 1. The van der Waals surface area contributed by atoms with Crippen LogP contribution in [0.2, 0.25) is 0 Å². The molecule has 132 valence electrons. The highest BCUT2D eigenvalue weighted by molar-refractivity contribution is 5.72. The minimum atomic E-state index is -0.464. The first-order chi connectivity index (χ1) is 12.0. The van der Waals surface area contributed by atoms with Crippen molar-refractivity contribution < 1.29 is 14.1 Å². The van der Waals surface area contributed by atoms with Gasteiger partial charge in [-0.2, -0.15) is 0 Å². The zero-order chi connectivity index (χ0) is 18.0. The molecule has 1 aliphatic heterocycles. The summed E-state index contributed by atoms with van der Waals surface area (Å²) in [5.41, 5.74) is 1.32. The fourth-order valence-corrected chi connectivity index (χ4v) is 3.49. The van der Waals surface area contributed by atoms with Gasteiger partial charge in [-0.3, -0.25) is 10.1 Å². The average Bonchev–Trinajstić information content (AvgIpc) is 3.06. The molecule has 0 spiro atoms. The van der Waals surface area contributed by atoms with Gasteiger partial charge in [0.1, 0.15) is 11.4 Å². The van der Waals surface area contributed by atoms with Gasteiger partial charge in [0.15, 0.2) is 11.6 Å². The average molecular weight is 344 g/mol. The maximum Gasteiger partial charge on any atom is 0.293 e. The van der Waals surface area contributed by atoms with Crippen molar-refractivity contribution in [3.8, 4) is 11.5 Å². The van der Waals surface area contributed by atoms with Crippen molar-refractivity contribution in [3.05, 3.63) is 57.9 Å². The molecule has 25 heavy (non-hydrogen) atoms. The molecular formula is C19H21FN2O3. The van der Waals surface area contributed by atoms with Crippen molar-refractivity contribution in [2.24, 2.45) is 0 Å². The Morgan fingerprint density at radius 2 is 2.04 bits per heavy atom. The first-order valence-corrected chi connectivity index (χ1v) is 8.50. The lowest BCUT2D eigenvalue weighted by Crippen LogP contribution is -2.29. The molecule has 0 amide bonds. The second-order valence-corrected chi connectivity index (χ2v) is 6.24. The Bertz CT molecular complexity index is 794. The number of anilines is 1. The first-order valence-electron chi connectivity index (χ1n) is 8.50. The number of halogens is 1. The van der Waals surface area contributed by atoms with Crippen LogP contribution >= 0.6 is 0 Å². The van der Waals surface area contributed by atoms with Gasteiger partial charge >= 0.3 is 0 Å². The first kappa shape index (κ1) is 17.2. The number of hydrogen-bond acceptors (Lipinski definition) is 4. The minimum absolute atomic E-state index is 0.0683. The normalized spacial score (nSPS) is 16.9. The van der Waals surface area contributed by atoms with E-state index in [1.165, 1.54) is 12.1 Å². The molecule has 1 atom stereocenters. The van der Waals surface area contributed by atoms with E-state index in [-0.39, 0.29) is 22.4 Å². The third kappa shape index (κ3) is 3.29. The van der Waals surface area contributed by atoms with Crippen LogP contribution in [0.5, 0.6) is 11.5 Å². The van der Waals surface area contributed by atoms with Gasteiger partial charge in [0, 0.05) is 24.2 Å². The molecule has 2 aromatic carbocycles. The number of nitrogens with zero attached hydrogens (tertiary/aromatic N) is 2. The molecule has 6 heteroatoms. The summed E-state index contributed by atoms with van der Waals surface area (Å²) in [7, 11) is 0. The van der Waals surface area contributed by atoms with Gasteiger partial charge in [-0.05, 0) is 44.4 Å². The van der Waals surface area contributed by atoms with E-state index in [2.05, 4.69) is 11.8 Å². The Balaban J connectivity index is 2.06. The summed E-state index contributed by atoms with van der Waals surface area (Å²) in [6.07, 6.45) is 2.95. The lowest BCUT2D eigenvalue weighted by Gasteiger charge is -2.28. The SMILES string of the molecule is CC[C@H]1CCCN1c1c([N+](=O)[O-])ccc(Oc2ccccc2F)c1C. The molecule has 0 aromatic heterocycles. The summed E-state index contributed by atoms with van der Waals surface area (Å²) in [6.45, 7) is 4.66. The monoisotopic (exact) mass is 344 g/mol. The van der Waals surface area contributed by atoms with Crippen LogP contribution in [-0.4, -0.2) is 17.5 Å². The number of hydrogen-bond donors (Lipinski definition) is 0. The Hall–Kier alpha value is -2.63. The van der Waals surface area contributed by atoms with E-state index >= 15 is 0 Å². The third-order valence-corrected chi connectivity index (χ3v) is 4.75. The molecule has 1 aliphatic rings. The minimum Gasteiger partial charge on any atom is -0.454 e. The smallest absolute Gasteiger partial charge is 0.293 e. The van der Waals surface area contributed by atoms with Crippen LogP contribution in [0.15, 0.2) is 36.4 Å². The highest BCUT2D eigenvalue weighted by Gasteiger charge is 2.31. The van der Waals surface area contributed by atoms with Crippen molar-refractivity contribution in [1.82, 2.24) is 0 Å². The molecule has 0 aliphatic carbocycles. The van der Waals surface area contributed by atoms with Gasteiger partial charge in [-0.1, -0.05) is 19.1 Å². The predicted molar refractivity (Wildman–Crippen MR) is 95.0 cm³/mol. The summed E-state index contributed by atoms with van der Waals surface area (Å²) in [6, 6.07) is 9.41. The Morgan fingerprint density at radius 1 is 1.28 bits per heavy atom. The molecule has 3 rings (SSSR count). The third-order valence-electron chi connectivity index (χ3n) is 4.75. The molecule has 1 fully saturated rings. The summed E-state index contributed by atoms with van der Waals surface area (Å²) in [5, 5.41) is 11.5. The van der Waals surface area contributed by atoms with Crippen LogP contribution in [0, 0.1) is 22.9 Å². The maximum atomic E-state index is 13.9. The van der Waals surface area contributed by atoms with Gasteiger partial charge in [-0.15, -0.1) is 0 Å². The number of rotatable bonds is 5. The Morgan fingerprint density at radius 3 is 2.72 bits per heavy atom. The number of benzene rings is 2. The second-order valence-electron chi connectivity index (χ2n) is 6.24. The van der Waals surface area contributed by atoms with Crippen LogP contribution in [0.3, 0.4) is 0 Å². The molecule has 0 saturated carbocycles. The van der Waals surface area contributed by atoms with Gasteiger partial charge in [0.25, 0.3) is 5.69 Å². The van der Waals surface area contributed by atoms with Gasteiger partial charge < -0.3 is 9.64 Å². The number of para-hydroxylation sites is 1. The number of ether oxygens (including phenoxy) is 1. The quantitative estimate of drug-likeness (QED) is 0.551. The van der Waals surface area contributed by atoms with E-state index in [0.29, 0.717) is 17.0 Å². The summed E-state index contributed by atoms with van der Waals surface area (Å²) < 4.78 is 19.6. The highest BCUT2D eigenvalue weighted by atomic mass is 19.1. The zero-order valence-corrected chi connectivity index (χ0v) is 14.4. The molecule has 0 bridgehead atoms. The molecule has 5 nitrogen and oxygen atoms in total. The van der Waals surface area contributed by atoms with Crippen LogP contribution in [0.1, 0.15) is 31.7 Å². The van der Waals surface area contributed by atoms with Gasteiger partial charge in [-0.25, -0.2) is 4.39 Å². The van der Waals surface area contributed by atoms with E-state index in [1.807, 2.05) is 0 Å². The van der Waals surface area contributed by atoms with E-state index in [1.54, 1.807) is 31.2 Å². The maximum absolute atomic E-state index is 13.9. The van der Waals surface area contributed by atoms with Crippen LogP contribution in [0.4, 0.5) is 15.8 Å². The van der Waals surface area contributed by atoms with E-state index in [4.69, 9.17) is 4.74 Å². The van der Waals surface area contributed by atoms with Crippen LogP contribution in [0.25, 0.3) is 0 Å². The fraction of sp³-hybridized carbons (Fsp3) is 0.368. The molecule has 0 unspecified atom stereocenters. The fourth-order valence-electron chi connectivity index (χ4n) is 3.49. The lowest BCUT2D eigenvalue weighted by molar-refractivity contribution is -0.384. The van der Waals surface area contributed by atoms with E-state index < -0.39 is 5.82 Å². The number of nitro groups is 1. The summed E-state index contributed by atoms with van der Waals surface area (Å²) in [4.78, 5) is 13.3. The zero-order valence-electron chi connectivity index (χ0n) is 14.4. The molecule has 1 saturated heterocycles. The Kier molecular flexibility index (Phi) is 4.88. The van der Waals surface area contributed by atoms with Crippen molar-refractivity contribution in [1.29, 1.82) is 0 Å². The molecule has 2 aromatic rings. The van der Waals surface area contributed by atoms with Crippen molar-refractivity contribution in [2.75, 3.05) is 11.4 Å². The summed E-state index contributed by atoms with van der Waals surface area (Å²) >= 11 is 0. The second kappa shape index (κ2) is 7.09. The molecule has 1 heterocycles. The standard InChI is InChI=1S/C19H21FN2O3/c1-3-14-7-6-12-21(14)19-13(2)17(11-10-16(19)22(23)24)25-18-9-5-4-8-15(18)20/h4-5,8-11,14H,3,6-7,12H2,1-2H3/t14-/m0/s1. The Labute approximate surface area is 146 Å². The van der Waals surface area contributed by atoms with Crippen molar-refractivity contribution in [2.45, 2.75) is 39.2 Å².